The van der Waals surface area contributed by atoms with Crippen molar-refractivity contribution in [1.29, 1.82) is 0 Å². The van der Waals surface area contributed by atoms with Crippen LogP contribution in [0.2, 0.25) is 0 Å². The zero-order valence-electron chi connectivity index (χ0n) is 5.36. The highest BCUT2D eigenvalue weighted by Gasteiger charge is 1.77. The van der Waals surface area contributed by atoms with E-state index in [1.165, 1.54) is 0 Å². The molecule has 0 radical (unpaired) electrons. The van der Waals surface area contributed by atoms with Gasteiger partial charge in [0.2, 0.25) is 0 Å². The van der Waals surface area contributed by atoms with Crippen molar-refractivity contribution in [3.8, 4) is 0 Å². The summed E-state index contributed by atoms with van der Waals surface area (Å²) in [6, 6.07) is 0. The van der Waals surface area contributed by atoms with E-state index < -0.39 is 0 Å². The van der Waals surface area contributed by atoms with Crippen molar-refractivity contribution < 1.29 is 0 Å². The Hall–Kier alpha value is -0.880. The zero-order chi connectivity index (χ0) is 6.57. The predicted molar refractivity (Wildman–Crippen MR) is 33.4 cm³/mol. The van der Waals surface area contributed by atoms with Crippen LogP contribution in [0.25, 0.3) is 0 Å². The molecule has 0 aromatic rings. The summed E-state index contributed by atoms with van der Waals surface area (Å²) < 4.78 is 0. The van der Waals surface area contributed by atoms with E-state index in [4.69, 9.17) is 0 Å². The summed E-state index contributed by atoms with van der Waals surface area (Å²) in [4.78, 5) is 9.68. The van der Waals surface area contributed by atoms with Crippen LogP contribution in [0.15, 0.2) is 22.2 Å². The highest BCUT2D eigenvalue weighted by molar-refractivity contribution is 5.01. The topological polar surface area (TPSA) is 29.4 Å². The molecular formula is C6H9NO. The molecule has 0 aliphatic carbocycles. The van der Waals surface area contributed by atoms with Crippen molar-refractivity contribution in [2.24, 2.45) is 5.18 Å². The molecule has 0 spiro atoms. The van der Waals surface area contributed by atoms with E-state index in [2.05, 4.69) is 10.9 Å². The van der Waals surface area contributed by atoms with Crippen molar-refractivity contribution in [2.45, 2.75) is 20.8 Å². The molecule has 0 saturated heterocycles. The van der Waals surface area contributed by atoms with Crippen LogP contribution in [0.3, 0.4) is 0 Å². The first-order valence-corrected chi connectivity index (χ1v) is 2.41. The summed E-state index contributed by atoms with van der Waals surface area (Å²) >= 11 is 0. The Kier molecular flexibility index (Phi) is 2.82. The molecule has 0 rings (SSSR count). The van der Waals surface area contributed by atoms with Gasteiger partial charge in [-0.1, -0.05) is 5.73 Å². The first-order valence-electron chi connectivity index (χ1n) is 2.41. The first-order chi connectivity index (χ1) is 3.66. The Balaban J connectivity index is 4.36. The van der Waals surface area contributed by atoms with Crippen LogP contribution in [0.4, 0.5) is 0 Å². The molecule has 0 unspecified atom stereocenters. The average Bonchev–Trinajstić information content (AvgIpc) is 1.65. The third-order valence-corrected chi connectivity index (χ3v) is 0.568. The van der Waals surface area contributed by atoms with Crippen LogP contribution in [-0.2, 0) is 0 Å². The van der Waals surface area contributed by atoms with E-state index in [9.17, 15) is 4.91 Å². The van der Waals surface area contributed by atoms with E-state index in [0.717, 1.165) is 5.57 Å². The molecule has 0 aromatic carbocycles. The van der Waals surface area contributed by atoms with E-state index in [-0.39, 0.29) is 0 Å². The molecule has 0 aliphatic heterocycles. The van der Waals surface area contributed by atoms with Crippen LogP contribution in [0, 0.1) is 4.91 Å². The number of nitroso groups, excluding NO2 is 1. The van der Waals surface area contributed by atoms with E-state index in [1.54, 1.807) is 6.92 Å². The molecule has 2 nitrogen and oxygen atoms in total. The summed E-state index contributed by atoms with van der Waals surface area (Å²) in [5.74, 6) is 0. The molecule has 0 atom stereocenters. The second-order valence-electron chi connectivity index (χ2n) is 1.80. The molecule has 8 heavy (non-hydrogen) atoms. The van der Waals surface area contributed by atoms with Gasteiger partial charge in [0.1, 0.15) is 5.70 Å². The monoisotopic (exact) mass is 111 g/mol. The molecule has 0 aromatic heterocycles. The molecule has 0 fully saturated rings. The minimum atomic E-state index is 0.407. The van der Waals surface area contributed by atoms with Gasteiger partial charge >= 0.3 is 0 Å². The minimum absolute atomic E-state index is 0.407. The average molecular weight is 111 g/mol. The number of allylic oxidation sites excluding steroid dienone is 1. The number of hydrogen-bond acceptors (Lipinski definition) is 2. The number of rotatable bonds is 1. The lowest BCUT2D eigenvalue weighted by atomic mass is 10.3. The highest BCUT2D eigenvalue weighted by atomic mass is 16.3. The van der Waals surface area contributed by atoms with Crippen molar-refractivity contribution in [1.82, 2.24) is 0 Å². The fraction of sp³-hybridized carbons (Fsp3) is 0.500. The van der Waals surface area contributed by atoms with Crippen LogP contribution in [0.5, 0.6) is 0 Å². The molecule has 0 heterocycles. The highest BCUT2D eigenvalue weighted by Crippen LogP contribution is 1.92. The maximum Gasteiger partial charge on any atom is 0.123 e. The van der Waals surface area contributed by atoms with Crippen LogP contribution in [0.1, 0.15) is 20.8 Å². The second-order valence-corrected chi connectivity index (χ2v) is 1.80. The van der Waals surface area contributed by atoms with Crippen molar-refractivity contribution >= 4 is 0 Å². The third kappa shape index (κ3) is 3.32. The van der Waals surface area contributed by atoms with Gasteiger partial charge < -0.3 is 0 Å². The normalized spacial score (nSPS) is 7.38. The van der Waals surface area contributed by atoms with Crippen LogP contribution < -0.4 is 0 Å². The molecular weight excluding hydrogens is 102 g/mol. The molecule has 0 amide bonds. The van der Waals surface area contributed by atoms with Gasteiger partial charge in [-0.2, -0.15) is 0 Å². The van der Waals surface area contributed by atoms with Crippen LogP contribution in [-0.4, -0.2) is 0 Å². The van der Waals surface area contributed by atoms with Gasteiger partial charge in [0.05, 0.1) is 0 Å². The lowest BCUT2D eigenvalue weighted by Gasteiger charge is -1.77. The summed E-state index contributed by atoms with van der Waals surface area (Å²) in [5, 5.41) is 2.66. The van der Waals surface area contributed by atoms with E-state index in [0.29, 0.717) is 5.70 Å². The van der Waals surface area contributed by atoms with Gasteiger partial charge in [0.15, 0.2) is 0 Å². The Morgan fingerprint density at radius 1 is 1.38 bits per heavy atom. The largest absolute Gasteiger partial charge is 0.144 e. The number of nitrogens with zero attached hydrogens (tertiary/aromatic N) is 1. The molecule has 2 heteroatoms. The van der Waals surface area contributed by atoms with Crippen molar-refractivity contribution in [3.05, 3.63) is 21.9 Å². The SMILES string of the molecule is CC(C)=C=C(C)N=O. The van der Waals surface area contributed by atoms with Gasteiger partial charge in [-0.15, -0.1) is 4.91 Å². The first kappa shape index (κ1) is 7.12. The Morgan fingerprint density at radius 2 is 1.88 bits per heavy atom. The molecule has 0 N–H and O–H groups in total. The van der Waals surface area contributed by atoms with Gasteiger partial charge in [-0.25, -0.2) is 0 Å². The molecule has 0 aliphatic rings. The van der Waals surface area contributed by atoms with Crippen LogP contribution >= 0.6 is 0 Å². The van der Waals surface area contributed by atoms with Gasteiger partial charge in [0, 0.05) is 0 Å². The summed E-state index contributed by atoms with van der Waals surface area (Å²) in [6.07, 6.45) is 0. The second kappa shape index (κ2) is 3.16. The quantitative estimate of drug-likeness (QED) is 0.377. The third-order valence-electron chi connectivity index (χ3n) is 0.568. The standard InChI is InChI=1S/C6H9NO/c1-5(2)4-6(3)7-8/h1-3H3. The summed E-state index contributed by atoms with van der Waals surface area (Å²) in [6.45, 7) is 5.36. The maximum atomic E-state index is 9.68. The minimum Gasteiger partial charge on any atom is -0.144 e. The zero-order valence-corrected chi connectivity index (χ0v) is 5.36. The van der Waals surface area contributed by atoms with Gasteiger partial charge in [0.25, 0.3) is 0 Å². The summed E-state index contributed by atoms with van der Waals surface area (Å²) in [7, 11) is 0. The fourth-order valence-electron chi connectivity index (χ4n) is 0.385. The summed E-state index contributed by atoms with van der Waals surface area (Å²) in [5.41, 5.74) is 4.13. The van der Waals surface area contributed by atoms with Crippen molar-refractivity contribution in [2.75, 3.05) is 0 Å². The molecule has 0 saturated carbocycles. The lowest BCUT2D eigenvalue weighted by molar-refractivity contribution is 1.27. The molecule has 44 valence electrons. The smallest absolute Gasteiger partial charge is 0.123 e. The Labute approximate surface area is 48.9 Å². The van der Waals surface area contributed by atoms with Gasteiger partial charge in [-0.3, -0.25) is 0 Å². The fourth-order valence-corrected chi connectivity index (χ4v) is 0.385. The molecule has 0 bridgehead atoms. The lowest BCUT2D eigenvalue weighted by Crippen LogP contribution is -1.61. The predicted octanol–water partition coefficient (Wildman–Crippen LogP) is 2.22. The Bertz CT molecular complexity index is 148. The van der Waals surface area contributed by atoms with Crippen molar-refractivity contribution in [3.63, 3.8) is 0 Å². The Morgan fingerprint density at radius 3 is 2.00 bits per heavy atom. The van der Waals surface area contributed by atoms with Gasteiger partial charge in [-0.05, 0) is 31.5 Å². The maximum absolute atomic E-state index is 9.68. The van der Waals surface area contributed by atoms with E-state index >= 15 is 0 Å². The number of hydrogen-bond donors (Lipinski definition) is 0. The van der Waals surface area contributed by atoms with E-state index in [1.807, 2.05) is 13.8 Å².